The number of alkyl halides is 3. The van der Waals surface area contributed by atoms with E-state index in [1.807, 2.05) is 19.9 Å². The Morgan fingerprint density at radius 1 is 1.30 bits per heavy atom. The number of ether oxygens (including phenoxy) is 1. The highest BCUT2D eigenvalue weighted by Crippen LogP contribution is 2.30. The minimum Gasteiger partial charge on any atom is -0.487 e. The van der Waals surface area contributed by atoms with Crippen molar-refractivity contribution >= 4 is 6.03 Å². The minimum absolute atomic E-state index is 0.172. The van der Waals surface area contributed by atoms with E-state index in [2.05, 4.69) is 5.32 Å². The Balaban J connectivity index is 1.75. The molecular formula is C16H19F3N2O2. The summed E-state index contributed by atoms with van der Waals surface area (Å²) in [5.41, 5.74) is 0.413. The summed E-state index contributed by atoms with van der Waals surface area (Å²) >= 11 is 0. The lowest BCUT2D eigenvalue weighted by molar-refractivity contribution is -0.137. The maximum atomic E-state index is 12.5. The highest BCUT2D eigenvalue weighted by molar-refractivity contribution is 5.75. The largest absolute Gasteiger partial charge is 0.487 e. The van der Waals surface area contributed by atoms with Gasteiger partial charge in [0, 0.05) is 6.54 Å². The fraction of sp³-hybridized carbons (Fsp3) is 0.438. The third-order valence-electron chi connectivity index (χ3n) is 3.38. The molecule has 2 amide bonds. The first-order valence-electron chi connectivity index (χ1n) is 7.26. The standard InChI is InChI=1S/C16H19F3N2O2/c1-11(2)7-8-20-15(22)21-9-14(10-21)23-13-5-3-12(4-6-13)16(17,18)19/h3-7,14H,8-10H2,1-2H3,(H,20,22). The van der Waals surface area contributed by atoms with Crippen molar-refractivity contribution in [1.29, 1.82) is 0 Å². The number of hydrogen-bond donors (Lipinski definition) is 1. The van der Waals surface area contributed by atoms with Gasteiger partial charge in [0.05, 0.1) is 18.7 Å². The van der Waals surface area contributed by atoms with Gasteiger partial charge >= 0.3 is 12.2 Å². The molecule has 1 aliphatic rings. The lowest BCUT2D eigenvalue weighted by Crippen LogP contribution is -2.58. The molecule has 1 fully saturated rings. The van der Waals surface area contributed by atoms with Crippen molar-refractivity contribution in [2.45, 2.75) is 26.1 Å². The molecule has 4 nitrogen and oxygen atoms in total. The normalized spacial score (nSPS) is 14.9. The van der Waals surface area contributed by atoms with Crippen molar-refractivity contribution in [3.8, 4) is 5.75 Å². The number of likely N-dealkylation sites (tertiary alicyclic amines) is 1. The summed E-state index contributed by atoms with van der Waals surface area (Å²) in [7, 11) is 0. The van der Waals surface area contributed by atoms with E-state index in [1.165, 1.54) is 12.1 Å². The highest BCUT2D eigenvalue weighted by atomic mass is 19.4. The Morgan fingerprint density at radius 3 is 2.43 bits per heavy atom. The third kappa shape index (κ3) is 4.91. The zero-order valence-corrected chi connectivity index (χ0v) is 13.0. The molecule has 1 N–H and O–H groups in total. The molecule has 0 unspecified atom stereocenters. The van der Waals surface area contributed by atoms with Crippen LogP contribution in [-0.4, -0.2) is 36.7 Å². The van der Waals surface area contributed by atoms with E-state index in [0.717, 1.165) is 17.7 Å². The summed E-state index contributed by atoms with van der Waals surface area (Å²) in [6, 6.07) is 4.38. The molecular weight excluding hydrogens is 309 g/mol. The quantitative estimate of drug-likeness (QED) is 0.860. The number of amides is 2. The zero-order chi connectivity index (χ0) is 17.0. The molecule has 0 aliphatic carbocycles. The van der Waals surface area contributed by atoms with E-state index in [4.69, 9.17) is 4.74 Å². The SMILES string of the molecule is CC(C)=CCNC(=O)N1CC(Oc2ccc(C(F)(F)F)cc2)C1. The van der Waals surface area contributed by atoms with Gasteiger partial charge in [-0.15, -0.1) is 0 Å². The fourth-order valence-corrected chi connectivity index (χ4v) is 2.05. The molecule has 1 heterocycles. The number of benzene rings is 1. The summed E-state index contributed by atoms with van der Waals surface area (Å²) in [5.74, 6) is 0.368. The van der Waals surface area contributed by atoms with Gasteiger partial charge < -0.3 is 15.0 Å². The number of carbonyl (C=O) groups excluding carboxylic acids is 1. The van der Waals surface area contributed by atoms with Crippen molar-refractivity contribution in [2.24, 2.45) is 0 Å². The first-order valence-corrected chi connectivity index (χ1v) is 7.26. The Bertz CT molecular complexity index is 572. The number of halogens is 3. The van der Waals surface area contributed by atoms with Crippen molar-refractivity contribution in [3.63, 3.8) is 0 Å². The Kier molecular flexibility index (Phi) is 5.18. The Labute approximate surface area is 132 Å². The summed E-state index contributed by atoms with van der Waals surface area (Å²) in [5, 5.41) is 2.75. The van der Waals surface area contributed by atoms with Gasteiger partial charge in [0.25, 0.3) is 0 Å². The Hall–Kier alpha value is -2.18. The summed E-state index contributed by atoms with van der Waals surface area (Å²) in [6.07, 6.45) is -2.63. The van der Waals surface area contributed by atoms with Crippen molar-refractivity contribution in [1.82, 2.24) is 10.2 Å². The molecule has 1 saturated heterocycles. The van der Waals surface area contributed by atoms with Gasteiger partial charge in [0.2, 0.25) is 0 Å². The second-order valence-corrected chi connectivity index (χ2v) is 5.63. The number of nitrogens with one attached hydrogen (secondary N) is 1. The topological polar surface area (TPSA) is 41.6 Å². The summed E-state index contributed by atoms with van der Waals surface area (Å²) < 4.78 is 42.9. The van der Waals surface area contributed by atoms with Crippen LogP contribution in [-0.2, 0) is 6.18 Å². The average Bonchev–Trinajstić information content (AvgIpc) is 2.41. The second-order valence-electron chi connectivity index (χ2n) is 5.63. The van der Waals surface area contributed by atoms with Crippen LogP contribution in [0.4, 0.5) is 18.0 Å². The third-order valence-corrected chi connectivity index (χ3v) is 3.38. The number of allylic oxidation sites excluding steroid dienone is 1. The van der Waals surface area contributed by atoms with Gasteiger partial charge in [-0.2, -0.15) is 13.2 Å². The molecule has 0 saturated carbocycles. The predicted molar refractivity (Wildman–Crippen MR) is 80.3 cm³/mol. The summed E-state index contributed by atoms with van der Waals surface area (Å²) in [4.78, 5) is 13.4. The van der Waals surface area contributed by atoms with Crippen molar-refractivity contribution in [3.05, 3.63) is 41.5 Å². The first-order chi connectivity index (χ1) is 10.8. The molecule has 0 aromatic heterocycles. The van der Waals surface area contributed by atoms with Crippen LogP contribution in [0.2, 0.25) is 0 Å². The van der Waals surface area contributed by atoms with Crippen LogP contribution in [0.5, 0.6) is 5.75 Å². The van der Waals surface area contributed by atoms with Crippen LogP contribution in [0.15, 0.2) is 35.9 Å². The molecule has 7 heteroatoms. The molecule has 1 aliphatic heterocycles. The van der Waals surface area contributed by atoms with Crippen LogP contribution < -0.4 is 10.1 Å². The Morgan fingerprint density at radius 2 is 1.91 bits per heavy atom. The zero-order valence-electron chi connectivity index (χ0n) is 13.0. The second kappa shape index (κ2) is 6.93. The van der Waals surface area contributed by atoms with Gasteiger partial charge in [-0.1, -0.05) is 11.6 Å². The van der Waals surface area contributed by atoms with Crippen LogP contribution in [0.3, 0.4) is 0 Å². The van der Waals surface area contributed by atoms with E-state index < -0.39 is 11.7 Å². The number of hydrogen-bond acceptors (Lipinski definition) is 2. The monoisotopic (exact) mass is 328 g/mol. The van der Waals surface area contributed by atoms with Gasteiger partial charge in [-0.3, -0.25) is 0 Å². The number of carbonyl (C=O) groups is 1. The lowest BCUT2D eigenvalue weighted by atomic mass is 10.1. The molecule has 0 spiro atoms. The van der Waals surface area contributed by atoms with Crippen LogP contribution >= 0.6 is 0 Å². The lowest BCUT2D eigenvalue weighted by Gasteiger charge is -2.38. The van der Waals surface area contributed by atoms with Crippen molar-refractivity contribution in [2.75, 3.05) is 19.6 Å². The minimum atomic E-state index is -4.35. The average molecular weight is 328 g/mol. The molecule has 0 atom stereocenters. The summed E-state index contributed by atoms with van der Waals surface area (Å²) in [6.45, 7) is 5.21. The number of urea groups is 1. The molecule has 2 rings (SSSR count). The smallest absolute Gasteiger partial charge is 0.416 e. The van der Waals surface area contributed by atoms with E-state index >= 15 is 0 Å². The molecule has 23 heavy (non-hydrogen) atoms. The molecule has 1 aromatic carbocycles. The fourth-order valence-electron chi connectivity index (χ4n) is 2.05. The molecule has 1 aromatic rings. The van der Waals surface area contributed by atoms with Gasteiger partial charge in [-0.05, 0) is 38.1 Å². The molecule has 126 valence electrons. The van der Waals surface area contributed by atoms with Gasteiger partial charge in [0.15, 0.2) is 0 Å². The van der Waals surface area contributed by atoms with Crippen LogP contribution in [0.25, 0.3) is 0 Å². The van der Waals surface area contributed by atoms with Gasteiger partial charge in [0.1, 0.15) is 11.9 Å². The van der Waals surface area contributed by atoms with E-state index in [1.54, 1.807) is 4.90 Å². The van der Waals surface area contributed by atoms with E-state index in [-0.39, 0.29) is 12.1 Å². The number of nitrogens with zero attached hydrogens (tertiary/aromatic N) is 1. The first kappa shape index (κ1) is 17.2. The predicted octanol–water partition coefficient (Wildman–Crippen LogP) is 3.44. The molecule has 0 radical (unpaired) electrons. The number of rotatable bonds is 4. The molecule has 0 bridgehead atoms. The highest BCUT2D eigenvalue weighted by Gasteiger charge is 2.33. The van der Waals surface area contributed by atoms with Crippen LogP contribution in [0.1, 0.15) is 19.4 Å². The van der Waals surface area contributed by atoms with Crippen molar-refractivity contribution < 1.29 is 22.7 Å². The maximum Gasteiger partial charge on any atom is 0.416 e. The van der Waals surface area contributed by atoms with Crippen LogP contribution in [0, 0.1) is 0 Å². The maximum absolute atomic E-state index is 12.5. The van der Waals surface area contributed by atoms with E-state index in [0.29, 0.717) is 25.4 Å². The van der Waals surface area contributed by atoms with E-state index in [9.17, 15) is 18.0 Å². The van der Waals surface area contributed by atoms with Gasteiger partial charge in [-0.25, -0.2) is 4.79 Å².